The van der Waals surface area contributed by atoms with Crippen molar-refractivity contribution in [2.45, 2.75) is 0 Å². The normalized spacial score (nSPS) is 9.64. The third-order valence-corrected chi connectivity index (χ3v) is 3.43. The Morgan fingerprint density at radius 3 is 2.05 bits per heavy atom. The summed E-state index contributed by atoms with van der Waals surface area (Å²) in [6, 6.07) is 16.3. The average Bonchev–Trinajstić information content (AvgIpc) is 2.57. The van der Waals surface area contributed by atoms with E-state index >= 15 is 0 Å². The Morgan fingerprint density at radius 2 is 1.41 bits per heavy atom. The first-order chi connectivity index (χ1) is 10.7. The summed E-state index contributed by atoms with van der Waals surface area (Å²) in [6.07, 6.45) is 0. The number of aromatic nitrogens is 1. The van der Waals surface area contributed by atoms with Crippen LogP contribution < -0.4 is 0 Å². The van der Waals surface area contributed by atoms with Gasteiger partial charge in [0, 0.05) is 10.8 Å². The van der Waals surface area contributed by atoms with Gasteiger partial charge in [-0.1, -0.05) is 18.2 Å². The molecule has 0 aliphatic carbocycles. The molecule has 3 aromatic rings. The first kappa shape index (κ1) is 13.1. The molecule has 0 spiro atoms. The minimum Gasteiger partial charge on any atom is -0.248 e. The largest absolute Gasteiger partial charge is 0.248 e. The highest BCUT2D eigenvalue weighted by Gasteiger charge is 2.19. The summed E-state index contributed by atoms with van der Waals surface area (Å²) >= 11 is 0. The van der Waals surface area contributed by atoms with Crippen LogP contribution in [0, 0.1) is 45.3 Å². The van der Waals surface area contributed by atoms with E-state index < -0.39 is 0 Å². The van der Waals surface area contributed by atoms with E-state index in [1.165, 1.54) is 6.07 Å². The van der Waals surface area contributed by atoms with E-state index in [4.69, 9.17) is 5.26 Å². The van der Waals surface area contributed by atoms with E-state index in [-0.39, 0.29) is 22.3 Å². The second-order valence-electron chi connectivity index (χ2n) is 4.52. The molecule has 0 saturated carbocycles. The smallest absolute Gasteiger partial charge is 0.102 e. The highest BCUT2D eigenvalue weighted by atomic mass is 14.7. The maximum atomic E-state index is 9.51. The van der Waals surface area contributed by atoms with Gasteiger partial charge in [0.1, 0.15) is 24.3 Å². The second-order valence-corrected chi connectivity index (χ2v) is 4.52. The molecule has 0 saturated heterocycles. The van der Waals surface area contributed by atoms with Crippen LogP contribution in [0.3, 0.4) is 0 Å². The maximum absolute atomic E-state index is 9.51. The van der Waals surface area contributed by atoms with E-state index in [1.807, 2.05) is 18.2 Å². The summed E-state index contributed by atoms with van der Waals surface area (Å²) in [4.78, 5) is 4.42. The van der Waals surface area contributed by atoms with Gasteiger partial charge < -0.3 is 0 Å². The van der Waals surface area contributed by atoms with Crippen LogP contribution in [0.25, 0.3) is 21.8 Å². The average molecular weight is 279 g/mol. The van der Waals surface area contributed by atoms with Crippen LogP contribution in [0.15, 0.2) is 30.3 Å². The van der Waals surface area contributed by atoms with Crippen molar-refractivity contribution in [1.29, 1.82) is 21.0 Å². The summed E-state index contributed by atoms with van der Waals surface area (Å²) < 4.78 is 0. The van der Waals surface area contributed by atoms with Crippen LogP contribution in [-0.4, -0.2) is 4.98 Å². The molecule has 0 aliphatic rings. The third-order valence-electron chi connectivity index (χ3n) is 3.43. The van der Waals surface area contributed by atoms with Gasteiger partial charge in [-0.2, -0.15) is 21.0 Å². The van der Waals surface area contributed by atoms with Crippen molar-refractivity contribution in [3.05, 3.63) is 52.6 Å². The van der Waals surface area contributed by atoms with Crippen LogP contribution in [-0.2, 0) is 0 Å². The monoisotopic (exact) mass is 279 g/mol. The topological polar surface area (TPSA) is 108 Å². The molecule has 0 atom stereocenters. The van der Waals surface area contributed by atoms with Gasteiger partial charge in [0.05, 0.1) is 33.3 Å². The molecule has 0 amide bonds. The Bertz CT molecular complexity index is 1110. The quantitative estimate of drug-likeness (QED) is 0.588. The van der Waals surface area contributed by atoms with E-state index in [0.29, 0.717) is 21.8 Å². The van der Waals surface area contributed by atoms with Crippen molar-refractivity contribution in [2.75, 3.05) is 0 Å². The molecule has 5 nitrogen and oxygen atoms in total. The minimum atomic E-state index is -0.0221. The Morgan fingerprint density at radius 1 is 0.727 bits per heavy atom. The molecule has 0 unspecified atom stereocenters. The predicted molar refractivity (Wildman–Crippen MR) is 78.1 cm³/mol. The fourth-order valence-electron chi connectivity index (χ4n) is 2.49. The number of hydrogen-bond acceptors (Lipinski definition) is 5. The predicted octanol–water partition coefficient (Wildman–Crippen LogP) is 2.87. The van der Waals surface area contributed by atoms with Crippen molar-refractivity contribution in [2.24, 2.45) is 0 Å². The molecule has 98 valence electrons. The number of benzene rings is 2. The molecular formula is C17H5N5. The lowest BCUT2D eigenvalue weighted by molar-refractivity contribution is 1.39. The molecule has 3 rings (SSSR count). The Labute approximate surface area is 125 Å². The summed E-state index contributed by atoms with van der Waals surface area (Å²) in [5.41, 5.74) is 1.33. The lowest BCUT2D eigenvalue weighted by Crippen LogP contribution is -1.97. The number of nitrogens with zero attached hydrogens (tertiary/aromatic N) is 5. The Hall–Kier alpha value is -3.93. The van der Waals surface area contributed by atoms with Gasteiger partial charge in [0.25, 0.3) is 0 Å². The number of para-hydroxylation sites is 1. The summed E-state index contributed by atoms with van der Waals surface area (Å²) in [6.45, 7) is 0. The standard InChI is InChI=1S/C17H5N5/c18-6-10-5-16-17(14(9-21)12(10)7-19)13(8-20)11-3-1-2-4-15(11)22-16/h1-5H. The molecule has 1 heterocycles. The van der Waals surface area contributed by atoms with Crippen molar-refractivity contribution in [1.82, 2.24) is 4.98 Å². The van der Waals surface area contributed by atoms with E-state index in [1.54, 1.807) is 24.3 Å². The zero-order chi connectivity index (χ0) is 15.7. The van der Waals surface area contributed by atoms with Gasteiger partial charge in [-0.05, 0) is 12.1 Å². The second kappa shape index (κ2) is 4.88. The van der Waals surface area contributed by atoms with Crippen LogP contribution in [0.4, 0.5) is 0 Å². The number of hydrogen-bond donors (Lipinski definition) is 0. The summed E-state index contributed by atoms with van der Waals surface area (Å²) in [5, 5.41) is 38.3. The first-order valence-electron chi connectivity index (χ1n) is 6.25. The molecule has 0 fully saturated rings. The van der Waals surface area contributed by atoms with Crippen molar-refractivity contribution in [3.63, 3.8) is 0 Å². The van der Waals surface area contributed by atoms with Crippen LogP contribution >= 0.6 is 0 Å². The number of fused-ring (bicyclic) bond motifs is 2. The molecule has 0 aliphatic heterocycles. The molecular weight excluding hydrogens is 274 g/mol. The Balaban J connectivity index is 2.71. The number of nitriles is 4. The maximum Gasteiger partial charge on any atom is 0.102 e. The number of pyridine rings is 1. The van der Waals surface area contributed by atoms with Gasteiger partial charge in [-0.15, -0.1) is 0 Å². The van der Waals surface area contributed by atoms with Crippen molar-refractivity contribution in [3.8, 4) is 24.3 Å². The van der Waals surface area contributed by atoms with E-state index in [9.17, 15) is 15.8 Å². The molecule has 22 heavy (non-hydrogen) atoms. The lowest BCUT2D eigenvalue weighted by Gasteiger charge is -2.08. The van der Waals surface area contributed by atoms with E-state index in [0.717, 1.165) is 0 Å². The molecule has 0 N–H and O–H groups in total. The van der Waals surface area contributed by atoms with Crippen LogP contribution in [0.1, 0.15) is 22.3 Å². The first-order valence-corrected chi connectivity index (χ1v) is 6.25. The molecule has 0 radical (unpaired) electrons. The highest BCUT2D eigenvalue weighted by molar-refractivity contribution is 6.03. The number of rotatable bonds is 0. The van der Waals surface area contributed by atoms with Gasteiger partial charge in [-0.3, -0.25) is 0 Å². The molecule has 0 bridgehead atoms. The minimum absolute atomic E-state index is 0.0198. The zero-order valence-corrected chi connectivity index (χ0v) is 11.1. The molecule has 2 aromatic carbocycles. The van der Waals surface area contributed by atoms with Gasteiger partial charge >= 0.3 is 0 Å². The molecule has 1 aromatic heterocycles. The molecule has 5 heteroatoms. The summed E-state index contributed by atoms with van der Waals surface area (Å²) in [5.74, 6) is 0. The SMILES string of the molecule is N#Cc1cc2nc3ccccc3c(C#N)c2c(C#N)c1C#N. The zero-order valence-electron chi connectivity index (χ0n) is 11.1. The van der Waals surface area contributed by atoms with E-state index in [2.05, 4.69) is 11.1 Å². The van der Waals surface area contributed by atoms with Crippen molar-refractivity contribution < 1.29 is 0 Å². The fraction of sp³-hybridized carbons (Fsp3) is 0. The van der Waals surface area contributed by atoms with Gasteiger partial charge in [0.2, 0.25) is 0 Å². The Kier molecular flexibility index (Phi) is 2.90. The fourth-order valence-corrected chi connectivity index (χ4v) is 2.49. The highest BCUT2D eigenvalue weighted by Crippen LogP contribution is 2.31. The summed E-state index contributed by atoms with van der Waals surface area (Å²) in [7, 11) is 0. The van der Waals surface area contributed by atoms with Gasteiger partial charge in [0.15, 0.2) is 0 Å². The van der Waals surface area contributed by atoms with Gasteiger partial charge in [-0.25, -0.2) is 4.98 Å². The lowest BCUT2D eigenvalue weighted by atomic mass is 9.93. The third kappa shape index (κ3) is 1.65. The van der Waals surface area contributed by atoms with Crippen LogP contribution in [0.2, 0.25) is 0 Å². The van der Waals surface area contributed by atoms with Crippen molar-refractivity contribution >= 4 is 21.8 Å². The van der Waals surface area contributed by atoms with Crippen LogP contribution in [0.5, 0.6) is 0 Å².